The highest BCUT2D eigenvalue weighted by Crippen LogP contribution is 2.32. The molecule has 1 aromatic rings. The van der Waals surface area contributed by atoms with Crippen LogP contribution in [0.3, 0.4) is 0 Å². The van der Waals surface area contributed by atoms with Crippen LogP contribution in [0.5, 0.6) is 0 Å². The Kier molecular flexibility index (Phi) is 3.87. The lowest BCUT2D eigenvalue weighted by Gasteiger charge is -2.23. The molecule has 1 N–H and O–H groups in total. The fourth-order valence-electron chi connectivity index (χ4n) is 2.21. The fraction of sp³-hybridized carbons (Fsp3) is 0.538. The van der Waals surface area contributed by atoms with Crippen molar-refractivity contribution in [3.8, 4) is 0 Å². The minimum Gasteiger partial charge on any atom is -0.309 e. The first-order valence-electron chi connectivity index (χ1n) is 5.81. The molecule has 1 aromatic carbocycles. The van der Waals surface area contributed by atoms with Gasteiger partial charge in [0, 0.05) is 16.5 Å². The molecule has 3 heteroatoms. The van der Waals surface area contributed by atoms with Gasteiger partial charge < -0.3 is 5.32 Å². The Morgan fingerprint density at radius 2 is 2.19 bits per heavy atom. The Morgan fingerprint density at radius 1 is 1.38 bits per heavy atom. The lowest BCUT2D eigenvalue weighted by molar-refractivity contribution is 0.530. The van der Waals surface area contributed by atoms with Crippen molar-refractivity contribution in [2.24, 2.45) is 0 Å². The van der Waals surface area contributed by atoms with Crippen LogP contribution in [0.4, 0.5) is 4.39 Å². The first-order chi connectivity index (χ1) is 7.66. The second-order valence-corrected chi connectivity index (χ2v) is 6.25. The van der Waals surface area contributed by atoms with Crippen LogP contribution in [-0.2, 0) is 0 Å². The molecule has 16 heavy (non-hydrogen) atoms. The van der Waals surface area contributed by atoms with Gasteiger partial charge in [-0.15, -0.1) is 0 Å². The summed E-state index contributed by atoms with van der Waals surface area (Å²) < 4.78 is 13.2. The van der Waals surface area contributed by atoms with Crippen LogP contribution in [0.25, 0.3) is 0 Å². The molecule has 1 saturated heterocycles. The van der Waals surface area contributed by atoms with E-state index in [1.807, 2.05) is 17.8 Å². The molecule has 1 aliphatic rings. The van der Waals surface area contributed by atoms with E-state index in [0.29, 0.717) is 10.5 Å². The summed E-state index contributed by atoms with van der Waals surface area (Å²) in [6, 6.07) is 7.21. The topological polar surface area (TPSA) is 12.0 Å². The third-order valence-corrected chi connectivity index (χ3v) is 4.44. The van der Waals surface area contributed by atoms with Gasteiger partial charge in [-0.05, 0) is 30.7 Å². The minimum atomic E-state index is -0.145. The van der Waals surface area contributed by atoms with Crippen molar-refractivity contribution in [3.63, 3.8) is 0 Å². The highest BCUT2D eigenvalue weighted by Gasteiger charge is 2.24. The van der Waals surface area contributed by atoms with Crippen LogP contribution >= 0.6 is 11.8 Å². The lowest BCUT2D eigenvalue weighted by Crippen LogP contribution is -2.27. The van der Waals surface area contributed by atoms with Crippen molar-refractivity contribution in [2.75, 3.05) is 6.54 Å². The monoisotopic (exact) mass is 239 g/mol. The third kappa shape index (κ3) is 2.77. The second kappa shape index (κ2) is 5.19. The van der Waals surface area contributed by atoms with Gasteiger partial charge in [0.2, 0.25) is 0 Å². The largest absolute Gasteiger partial charge is 0.309 e. The van der Waals surface area contributed by atoms with E-state index in [-0.39, 0.29) is 11.9 Å². The van der Waals surface area contributed by atoms with Gasteiger partial charge in [-0.1, -0.05) is 26.0 Å². The predicted octanol–water partition coefficient (Wildman–Crippen LogP) is 3.37. The summed E-state index contributed by atoms with van der Waals surface area (Å²) in [7, 11) is 0. The average molecular weight is 239 g/mol. The van der Waals surface area contributed by atoms with Crippen LogP contribution in [0.1, 0.15) is 31.9 Å². The molecule has 0 saturated carbocycles. The van der Waals surface area contributed by atoms with Gasteiger partial charge in [-0.2, -0.15) is 11.8 Å². The molecule has 3 atom stereocenters. The molecule has 1 aliphatic heterocycles. The maximum Gasteiger partial charge on any atom is 0.123 e. The summed E-state index contributed by atoms with van der Waals surface area (Å²) in [5.74, 6) is -0.145. The van der Waals surface area contributed by atoms with E-state index in [4.69, 9.17) is 0 Å². The van der Waals surface area contributed by atoms with E-state index >= 15 is 0 Å². The summed E-state index contributed by atoms with van der Waals surface area (Å²) in [6.07, 6.45) is 1.18. The maximum atomic E-state index is 13.2. The zero-order chi connectivity index (χ0) is 11.5. The molecule has 0 spiro atoms. The average Bonchev–Trinajstić information content (AvgIpc) is 2.39. The van der Waals surface area contributed by atoms with Crippen molar-refractivity contribution in [1.29, 1.82) is 0 Å². The van der Waals surface area contributed by atoms with Crippen LogP contribution in [-0.4, -0.2) is 17.0 Å². The van der Waals surface area contributed by atoms with Crippen molar-refractivity contribution in [3.05, 3.63) is 35.6 Å². The molecule has 3 unspecified atom stereocenters. The van der Waals surface area contributed by atoms with Gasteiger partial charge >= 0.3 is 0 Å². The highest BCUT2D eigenvalue weighted by atomic mass is 32.2. The van der Waals surface area contributed by atoms with Crippen LogP contribution in [0, 0.1) is 5.82 Å². The van der Waals surface area contributed by atoms with Crippen molar-refractivity contribution >= 4 is 11.8 Å². The summed E-state index contributed by atoms with van der Waals surface area (Å²) >= 11 is 1.99. The molecular weight excluding hydrogens is 221 g/mol. The van der Waals surface area contributed by atoms with Crippen LogP contribution < -0.4 is 5.32 Å². The molecule has 0 radical (unpaired) electrons. The summed E-state index contributed by atoms with van der Waals surface area (Å²) in [4.78, 5) is 0. The first kappa shape index (κ1) is 11.9. The lowest BCUT2D eigenvalue weighted by atomic mass is 10.0. The fourth-order valence-corrected chi connectivity index (χ4v) is 3.61. The van der Waals surface area contributed by atoms with Crippen molar-refractivity contribution in [2.45, 2.75) is 36.8 Å². The van der Waals surface area contributed by atoms with Gasteiger partial charge in [0.1, 0.15) is 5.82 Å². The van der Waals surface area contributed by atoms with Crippen LogP contribution in [0.15, 0.2) is 24.3 Å². The summed E-state index contributed by atoms with van der Waals surface area (Å²) in [6.45, 7) is 5.49. The van der Waals surface area contributed by atoms with Gasteiger partial charge in [0.15, 0.2) is 0 Å². The van der Waals surface area contributed by atoms with Crippen LogP contribution in [0.2, 0.25) is 0 Å². The molecule has 1 heterocycles. The number of rotatable bonds is 1. The minimum absolute atomic E-state index is 0.145. The van der Waals surface area contributed by atoms with E-state index in [9.17, 15) is 4.39 Å². The third-order valence-electron chi connectivity index (χ3n) is 3.04. The smallest absolute Gasteiger partial charge is 0.123 e. The highest BCUT2D eigenvalue weighted by molar-refractivity contribution is 8.00. The predicted molar refractivity (Wildman–Crippen MR) is 68.3 cm³/mol. The molecular formula is C13H18FNS. The number of nitrogens with one attached hydrogen (secondary N) is 1. The standard InChI is InChI=1S/C13H18FNS/c1-9-6-7-15-13(10(2)16-9)11-4-3-5-12(14)8-11/h3-5,8-10,13,15H,6-7H2,1-2H3. The van der Waals surface area contributed by atoms with E-state index in [2.05, 4.69) is 19.2 Å². The Labute approximate surface area is 101 Å². The number of hydrogen-bond acceptors (Lipinski definition) is 2. The van der Waals surface area contributed by atoms with E-state index in [0.717, 1.165) is 12.1 Å². The molecule has 0 bridgehead atoms. The Hall–Kier alpha value is -0.540. The maximum absolute atomic E-state index is 13.2. The van der Waals surface area contributed by atoms with Gasteiger partial charge in [0.25, 0.3) is 0 Å². The first-order valence-corrected chi connectivity index (χ1v) is 6.75. The van der Waals surface area contributed by atoms with Gasteiger partial charge in [-0.25, -0.2) is 4.39 Å². The Balaban J connectivity index is 2.19. The molecule has 0 aliphatic carbocycles. The Morgan fingerprint density at radius 3 is 2.94 bits per heavy atom. The SMILES string of the molecule is CC1CCNC(c2cccc(F)c2)C(C)S1. The summed E-state index contributed by atoms with van der Waals surface area (Å²) in [5.41, 5.74) is 1.06. The number of benzene rings is 1. The summed E-state index contributed by atoms with van der Waals surface area (Å²) in [5, 5.41) is 4.68. The molecule has 1 fully saturated rings. The van der Waals surface area contributed by atoms with E-state index in [1.54, 1.807) is 12.1 Å². The van der Waals surface area contributed by atoms with E-state index < -0.39 is 0 Å². The molecule has 88 valence electrons. The van der Waals surface area contributed by atoms with Crippen molar-refractivity contribution < 1.29 is 4.39 Å². The van der Waals surface area contributed by atoms with Gasteiger partial charge in [0.05, 0.1) is 0 Å². The number of hydrogen-bond donors (Lipinski definition) is 1. The number of halogens is 1. The quantitative estimate of drug-likeness (QED) is 0.806. The van der Waals surface area contributed by atoms with Crippen molar-refractivity contribution in [1.82, 2.24) is 5.32 Å². The number of thioether (sulfide) groups is 1. The Bertz CT molecular complexity index is 356. The zero-order valence-electron chi connectivity index (χ0n) is 9.74. The second-order valence-electron chi connectivity index (χ2n) is 4.43. The normalized spacial score (nSPS) is 31.1. The molecule has 1 nitrogen and oxygen atoms in total. The molecule has 0 aromatic heterocycles. The molecule has 0 amide bonds. The van der Waals surface area contributed by atoms with Gasteiger partial charge in [-0.3, -0.25) is 0 Å². The van der Waals surface area contributed by atoms with E-state index in [1.165, 1.54) is 12.5 Å². The molecule has 2 rings (SSSR count). The zero-order valence-corrected chi connectivity index (χ0v) is 10.6.